The van der Waals surface area contributed by atoms with Gasteiger partial charge < -0.3 is 19.3 Å². The number of hydrogen-bond acceptors (Lipinski definition) is 4. The molecule has 0 saturated carbocycles. The van der Waals surface area contributed by atoms with Crippen molar-refractivity contribution >= 4 is 34.9 Å². The minimum absolute atomic E-state index is 0.169. The van der Waals surface area contributed by atoms with Crippen LogP contribution in [0, 0.1) is 4.84 Å². The van der Waals surface area contributed by atoms with E-state index < -0.39 is 0 Å². The van der Waals surface area contributed by atoms with Crippen LogP contribution in [0.15, 0.2) is 45.7 Å². The fourth-order valence-corrected chi connectivity index (χ4v) is 2.15. The molecular weight excluding hydrogens is 290 g/mol. The van der Waals surface area contributed by atoms with Gasteiger partial charge in [0.15, 0.2) is 5.58 Å². The first-order chi connectivity index (χ1) is 10.0. The smallest absolute Gasteiger partial charge is 0.266 e. The van der Waals surface area contributed by atoms with Crippen LogP contribution in [0.3, 0.4) is 0 Å². The van der Waals surface area contributed by atoms with Crippen molar-refractivity contribution in [3.8, 4) is 0 Å². The lowest BCUT2D eigenvalue weighted by Crippen LogP contribution is -2.19. The van der Waals surface area contributed by atoms with E-state index in [1.807, 2.05) is 0 Å². The van der Waals surface area contributed by atoms with E-state index in [2.05, 4.69) is 10.3 Å². The van der Waals surface area contributed by atoms with Crippen LogP contribution in [0.1, 0.15) is 10.4 Å². The van der Waals surface area contributed by atoms with Crippen LogP contribution >= 0.6 is 12.2 Å². The summed E-state index contributed by atoms with van der Waals surface area (Å²) in [5.74, 6) is -0.306. The van der Waals surface area contributed by atoms with E-state index in [0.717, 1.165) is 5.52 Å². The molecule has 3 aromatic rings. The average molecular weight is 301 g/mol. The molecule has 0 aliphatic rings. The van der Waals surface area contributed by atoms with Gasteiger partial charge in [0.1, 0.15) is 0 Å². The molecule has 0 unspecified atom stereocenters. The number of rotatable bonds is 2. The van der Waals surface area contributed by atoms with Crippen molar-refractivity contribution in [2.75, 3.05) is 5.32 Å². The second kappa shape index (κ2) is 5.02. The monoisotopic (exact) mass is 301 g/mol. The summed E-state index contributed by atoms with van der Waals surface area (Å²) in [4.78, 5) is 26.6. The second-order valence-corrected chi connectivity index (χ2v) is 4.92. The highest BCUT2D eigenvalue weighted by atomic mass is 32.1. The molecule has 0 aliphatic carbocycles. The van der Waals surface area contributed by atoms with Gasteiger partial charge in [-0.3, -0.25) is 9.59 Å². The number of pyridine rings is 1. The summed E-state index contributed by atoms with van der Waals surface area (Å²) in [5.41, 5.74) is 2.14. The summed E-state index contributed by atoms with van der Waals surface area (Å²) < 4.78 is 6.64. The molecule has 2 aromatic heterocycles. The fraction of sp³-hybridized carbons (Fsp3) is 0.0714. The number of aromatic amines is 1. The molecule has 21 heavy (non-hydrogen) atoms. The summed E-state index contributed by atoms with van der Waals surface area (Å²) in [5, 5.41) is 2.74. The first-order valence-corrected chi connectivity index (χ1v) is 6.55. The zero-order valence-electron chi connectivity index (χ0n) is 11.0. The molecule has 0 atom stereocenters. The van der Waals surface area contributed by atoms with E-state index in [1.165, 1.54) is 22.9 Å². The number of hydrogen-bond donors (Lipinski definition) is 2. The standard InChI is InChI=1S/C14H11N3O3S/c1-17-7-8(2-5-12(17)18)13(19)15-9-3-4-10-11(6-9)20-14(21)16-10/h2-7H,1H3,(H,15,19)(H,16,21). The van der Waals surface area contributed by atoms with E-state index in [4.69, 9.17) is 16.6 Å². The number of amides is 1. The van der Waals surface area contributed by atoms with Crippen molar-refractivity contribution in [3.63, 3.8) is 0 Å². The van der Waals surface area contributed by atoms with Crippen LogP contribution in [0.5, 0.6) is 0 Å². The summed E-state index contributed by atoms with van der Waals surface area (Å²) in [6, 6.07) is 8.02. The normalized spacial score (nSPS) is 10.7. The van der Waals surface area contributed by atoms with Crippen LogP contribution in [-0.2, 0) is 7.05 Å². The molecule has 0 fully saturated rings. The molecule has 3 rings (SSSR count). The molecule has 1 amide bonds. The Kier molecular flexibility index (Phi) is 3.19. The highest BCUT2D eigenvalue weighted by molar-refractivity contribution is 7.71. The lowest BCUT2D eigenvalue weighted by Gasteiger charge is -2.06. The minimum Gasteiger partial charge on any atom is -0.429 e. The molecule has 0 radical (unpaired) electrons. The molecule has 0 aliphatic heterocycles. The van der Waals surface area contributed by atoms with Crippen molar-refractivity contribution in [1.29, 1.82) is 0 Å². The van der Waals surface area contributed by atoms with Gasteiger partial charge in [-0.1, -0.05) is 0 Å². The Bertz CT molecular complexity index is 952. The topological polar surface area (TPSA) is 80.0 Å². The van der Waals surface area contributed by atoms with E-state index >= 15 is 0 Å². The highest BCUT2D eigenvalue weighted by Crippen LogP contribution is 2.19. The number of anilines is 1. The number of aryl methyl sites for hydroxylation is 1. The third-order valence-electron chi connectivity index (χ3n) is 3.03. The first kappa shape index (κ1) is 13.3. The van der Waals surface area contributed by atoms with Crippen LogP contribution in [0.25, 0.3) is 11.1 Å². The third kappa shape index (κ3) is 2.63. The Hall–Kier alpha value is -2.67. The quantitative estimate of drug-likeness (QED) is 0.712. The average Bonchev–Trinajstić information content (AvgIpc) is 2.81. The Labute approximate surface area is 124 Å². The lowest BCUT2D eigenvalue weighted by molar-refractivity contribution is 0.102. The summed E-state index contributed by atoms with van der Waals surface area (Å²) >= 11 is 4.91. The number of fused-ring (bicyclic) bond motifs is 1. The zero-order valence-corrected chi connectivity index (χ0v) is 11.9. The van der Waals surface area contributed by atoms with Crippen molar-refractivity contribution < 1.29 is 9.21 Å². The predicted octanol–water partition coefficient (Wildman–Crippen LogP) is 2.44. The summed E-state index contributed by atoms with van der Waals surface area (Å²) in [7, 11) is 1.59. The molecule has 0 bridgehead atoms. The lowest BCUT2D eigenvalue weighted by atomic mass is 10.2. The van der Waals surface area contributed by atoms with Gasteiger partial charge in [0.05, 0.1) is 11.1 Å². The third-order valence-corrected chi connectivity index (χ3v) is 3.21. The van der Waals surface area contributed by atoms with Gasteiger partial charge in [-0.05, 0) is 30.4 Å². The molecule has 2 N–H and O–H groups in total. The van der Waals surface area contributed by atoms with Gasteiger partial charge in [-0.2, -0.15) is 0 Å². The van der Waals surface area contributed by atoms with E-state index in [1.54, 1.807) is 25.2 Å². The van der Waals surface area contributed by atoms with E-state index in [0.29, 0.717) is 16.8 Å². The van der Waals surface area contributed by atoms with Crippen LogP contribution < -0.4 is 10.9 Å². The summed E-state index contributed by atoms with van der Waals surface area (Å²) in [6.45, 7) is 0. The van der Waals surface area contributed by atoms with E-state index in [9.17, 15) is 9.59 Å². The maximum Gasteiger partial charge on any atom is 0.266 e. The van der Waals surface area contributed by atoms with Crippen LogP contribution in [-0.4, -0.2) is 15.5 Å². The molecule has 0 spiro atoms. The zero-order chi connectivity index (χ0) is 15.0. The second-order valence-electron chi connectivity index (χ2n) is 4.55. The Balaban J connectivity index is 1.89. The number of benzene rings is 1. The molecule has 106 valence electrons. The number of aromatic nitrogens is 2. The Morgan fingerprint density at radius 2 is 2.14 bits per heavy atom. The van der Waals surface area contributed by atoms with Crippen molar-refractivity contribution in [2.24, 2.45) is 7.05 Å². The fourth-order valence-electron chi connectivity index (χ4n) is 1.95. The number of H-pyrrole nitrogens is 1. The SMILES string of the molecule is Cn1cc(C(=O)Nc2ccc3[nH]c(=S)oc3c2)ccc1=O. The van der Waals surface area contributed by atoms with Crippen LogP contribution in [0.2, 0.25) is 0 Å². The van der Waals surface area contributed by atoms with Crippen molar-refractivity contribution in [1.82, 2.24) is 9.55 Å². The maximum absolute atomic E-state index is 12.1. The number of carbonyl (C=O) groups is 1. The van der Waals surface area contributed by atoms with Crippen molar-refractivity contribution in [3.05, 3.63) is 57.3 Å². The molecule has 2 heterocycles. The van der Waals surface area contributed by atoms with Crippen LogP contribution in [0.4, 0.5) is 5.69 Å². The van der Waals surface area contributed by atoms with Gasteiger partial charge in [0.25, 0.3) is 10.7 Å². The number of carbonyl (C=O) groups excluding carboxylic acids is 1. The van der Waals surface area contributed by atoms with Crippen molar-refractivity contribution in [2.45, 2.75) is 0 Å². The largest absolute Gasteiger partial charge is 0.429 e. The number of nitrogens with zero attached hydrogens (tertiary/aromatic N) is 1. The molecule has 6 nitrogen and oxygen atoms in total. The number of nitrogens with one attached hydrogen (secondary N) is 2. The summed E-state index contributed by atoms with van der Waals surface area (Å²) in [6.07, 6.45) is 1.48. The van der Waals surface area contributed by atoms with Gasteiger partial charge >= 0.3 is 0 Å². The maximum atomic E-state index is 12.1. The first-order valence-electron chi connectivity index (χ1n) is 6.14. The van der Waals surface area contributed by atoms with E-state index in [-0.39, 0.29) is 16.3 Å². The highest BCUT2D eigenvalue weighted by Gasteiger charge is 2.08. The predicted molar refractivity (Wildman–Crippen MR) is 81.0 cm³/mol. The van der Waals surface area contributed by atoms with Gasteiger partial charge in [-0.25, -0.2) is 0 Å². The van der Waals surface area contributed by atoms with Gasteiger partial charge in [0, 0.05) is 31.1 Å². The van der Waals surface area contributed by atoms with Gasteiger partial charge in [0.2, 0.25) is 5.56 Å². The molecule has 1 aromatic carbocycles. The Morgan fingerprint density at radius 1 is 1.33 bits per heavy atom. The molecule has 0 saturated heterocycles. The molecule has 7 heteroatoms. The minimum atomic E-state index is -0.306. The van der Waals surface area contributed by atoms with Gasteiger partial charge in [-0.15, -0.1) is 0 Å². The number of oxazole rings is 1. The molecular formula is C14H11N3O3S. The Morgan fingerprint density at radius 3 is 2.90 bits per heavy atom.